The van der Waals surface area contributed by atoms with Crippen LogP contribution in [0.3, 0.4) is 0 Å². The number of nitrogens with two attached hydrogens (primary N) is 2. The minimum atomic E-state index is -1.12. The maximum absolute atomic E-state index is 13.9. The number of phenols is 1. The Hall–Kier alpha value is -3.96. The van der Waals surface area contributed by atoms with E-state index >= 15 is 0 Å². The number of nitrogen functional groups attached to an aromatic ring is 1. The van der Waals surface area contributed by atoms with Crippen LogP contribution in [0.2, 0.25) is 0 Å². The molecule has 1 aliphatic heterocycles. The van der Waals surface area contributed by atoms with Crippen LogP contribution in [0.4, 0.5) is 11.4 Å². The van der Waals surface area contributed by atoms with Gasteiger partial charge in [0.05, 0.1) is 11.8 Å². The molecule has 1 saturated heterocycles. The van der Waals surface area contributed by atoms with Crippen molar-refractivity contribution < 1.29 is 24.2 Å². The first kappa shape index (κ1) is 24.2. The topological polar surface area (TPSA) is 161 Å². The van der Waals surface area contributed by atoms with Gasteiger partial charge in [0.1, 0.15) is 16.7 Å². The van der Waals surface area contributed by atoms with Gasteiger partial charge in [0.2, 0.25) is 5.91 Å². The van der Waals surface area contributed by atoms with E-state index in [9.17, 15) is 19.5 Å². The second-order valence-electron chi connectivity index (χ2n) is 8.02. The highest BCUT2D eigenvalue weighted by Gasteiger charge is 2.36. The number of primary amides is 1. The number of nitrogens with one attached hydrogen (secondary N) is 1. The molecule has 0 spiro atoms. The zero-order chi connectivity index (χ0) is 24.9. The standard InChI is InChI=1S/C24H25N5O5S/c25-18-19(22(26)31)28-35-21(18)24(33)29(15-5-2-1-3-6-15)20(14-8-10-16(30)11-9-14)23(32)27-13-17-7-4-12-34-17/h1-3,5-6,8-11,17,20,30H,4,7,12-13,25H2,(H2,26,31)(H,27,32)/t17-,20-/m1/s1. The van der Waals surface area contributed by atoms with Crippen LogP contribution in [0.25, 0.3) is 0 Å². The van der Waals surface area contributed by atoms with Gasteiger partial charge in [0, 0.05) is 18.8 Å². The number of amides is 3. The third-order valence-corrected chi connectivity index (χ3v) is 6.50. The first-order chi connectivity index (χ1) is 16.9. The molecule has 3 aromatic rings. The first-order valence-electron chi connectivity index (χ1n) is 11.0. The number of nitrogens with zero attached hydrogens (tertiary/aromatic N) is 2. The van der Waals surface area contributed by atoms with Crippen molar-refractivity contribution in [3.63, 3.8) is 0 Å². The largest absolute Gasteiger partial charge is 0.508 e. The normalized spacial score (nSPS) is 15.9. The lowest BCUT2D eigenvalue weighted by atomic mass is 10.0. The van der Waals surface area contributed by atoms with E-state index in [2.05, 4.69) is 9.69 Å². The van der Waals surface area contributed by atoms with Crippen molar-refractivity contribution in [2.45, 2.75) is 25.0 Å². The number of carbonyl (C=O) groups is 3. The summed E-state index contributed by atoms with van der Waals surface area (Å²) in [6, 6.07) is 13.5. The predicted molar refractivity (Wildman–Crippen MR) is 131 cm³/mol. The Balaban J connectivity index is 1.78. The molecule has 6 N–H and O–H groups in total. The number of aromatic hydroxyl groups is 1. The number of rotatable bonds is 8. The molecule has 1 aliphatic rings. The smallest absolute Gasteiger partial charge is 0.273 e. The minimum absolute atomic E-state index is 0.0154. The number of carbonyl (C=O) groups excluding carboxylic acids is 3. The summed E-state index contributed by atoms with van der Waals surface area (Å²) in [7, 11) is 0. The average Bonchev–Trinajstić information content (AvgIpc) is 3.51. The summed E-state index contributed by atoms with van der Waals surface area (Å²) in [5, 5.41) is 12.7. The van der Waals surface area contributed by atoms with Gasteiger partial charge in [-0.05, 0) is 54.2 Å². The monoisotopic (exact) mass is 495 g/mol. The summed E-state index contributed by atoms with van der Waals surface area (Å²) < 4.78 is 9.55. The molecule has 0 bridgehead atoms. The van der Waals surface area contributed by atoms with E-state index in [0.29, 0.717) is 24.4 Å². The van der Waals surface area contributed by atoms with E-state index < -0.39 is 23.8 Å². The molecule has 0 radical (unpaired) electrons. The van der Waals surface area contributed by atoms with Crippen molar-refractivity contribution in [1.29, 1.82) is 0 Å². The van der Waals surface area contributed by atoms with Crippen LogP contribution in [-0.4, -0.2) is 46.5 Å². The van der Waals surface area contributed by atoms with E-state index in [4.69, 9.17) is 16.2 Å². The van der Waals surface area contributed by atoms with Gasteiger partial charge in [0.15, 0.2) is 5.69 Å². The second-order valence-corrected chi connectivity index (χ2v) is 8.80. The summed E-state index contributed by atoms with van der Waals surface area (Å²) in [4.78, 5) is 40.4. The van der Waals surface area contributed by atoms with Crippen LogP contribution in [-0.2, 0) is 9.53 Å². The number of aromatic nitrogens is 1. The van der Waals surface area contributed by atoms with Crippen LogP contribution in [0.5, 0.6) is 5.75 Å². The van der Waals surface area contributed by atoms with Crippen LogP contribution < -0.4 is 21.7 Å². The Kier molecular flexibility index (Phi) is 7.28. The van der Waals surface area contributed by atoms with Gasteiger partial charge in [-0.2, -0.15) is 4.37 Å². The van der Waals surface area contributed by atoms with Crippen molar-refractivity contribution in [1.82, 2.24) is 9.69 Å². The molecule has 2 heterocycles. The van der Waals surface area contributed by atoms with Gasteiger partial charge in [-0.3, -0.25) is 19.3 Å². The molecule has 1 fully saturated rings. The van der Waals surface area contributed by atoms with Gasteiger partial charge in [0.25, 0.3) is 11.8 Å². The Labute approximate surface area is 205 Å². The molecule has 10 nitrogen and oxygen atoms in total. The fourth-order valence-corrected chi connectivity index (χ4v) is 4.64. The molecule has 182 valence electrons. The lowest BCUT2D eigenvalue weighted by Crippen LogP contribution is -2.45. The zero-order valence-electron chi connectivity index (χ0n) is 18.7. The summed E-state index contributed by atoms with van der Waals surface area (Å²) >= 11 is 0.737. The van der Waals surface area contributed by atoms with Crippen LogP contribution >= 0.6 is 11.5 Å². The molecule has 0 saturated carbocycles. The minimum Gasteiger partial charge on any atom is -0.508 e. The zero-order valence-corrected chi connectivity index (χ0v) is 19.5. The van der Waals surface area contributed by atoms with Gasteiger partial charge in [-0.15, -0.1) is 0 Å². The fourth-order valence-electron chi connectivity index (χ4n) is 3.90. The summed E-state index contributed by atoms with van der Waals surface area (Å²) in [6.07, 6.45) is 1.65. The van der Waals surface area contributed by atoms with Crippen molar-refractivity contribution in [2.75, 3.05) is 23.8 Å². The summed E-state index contributed by atoms with van der Waals surface area (Å²) in [5.74, 6) is -1.90. The van der Waals surface area contributed by atoms with Gasteiger partial charge in [-0.1, -0.05) is 30.3 Å². The van der Waals surface area contributed by atoms with Crippen LogP contribution in [0.1, 0.15) is 44.6 Å². The number of anilines is 2. The van der Waals surface area contributed by atoms with Crippen molar-refractivity contribution in [3.8, 4) is 5.75 Å². The Morgan fingerprint density at radius 1 is 1.17 bits per heavy atom. The quantitative estimate of drug-likeness (QED) is 0.372. The van der Waals surface area contributed by atoms with Crippen LogP contribution in [0.15, 0.2) is 54.6 Å². The van der Waals surface area contributed by atoms with E-state index in [1.807, 2.05) is 0 Å². The molecule has 35 heavy (non-hydrogen) atoms. The number of hydrogen-bond acceptors (Lipinski definition) is 8. The number of ether oxygens (including phenoxy) is 1. The van der Waals surface area contributed by atoms with E-state index in [1.54, 1.807) is 42.5 Å². The molecule has 1 aromatic heterocycles. The molecule has 2 atom stereocenters. The molecular formula is C24H25N5O5S. The lowest BCUT2D eigenvalue weighted by molar-refractivity contribution is -0.123. The van der Waals surface area contributed by atoms with Gasteiger partial charge < -0.3 is 26.6 Å². The molecule has 2 aromatic carbocycles. The summed E-state index contributed by atoms with van der Waals surface area (Å²) in [5.41, 5.74) is 11.9. The highest BCUT2D eigenvalue weighted by molar-refractivity contribution is 7.09. The Morgan fingerprint density at radius 2 is 1.89 bits per heavy atom. The van der Waals surface area contributed by atoms with Crippen molar-refractivity contribution in [2.24, 2.45) is 5.73 Å². The number of benzene rings is 2. The molecule has 4 rings (SSSR count). The maximum Gasteiger partial charge on any atom is 0.273 e. The third-order valence-electron chi connectivity index (χ3n) is 5.65. The van der Waals surface area contributed by atoms with Gasteiger partial charge in [-0.25, -0.2) is 0 Å². The molecule has 0 aliphatic carbocycles. The average molecular weight is 496 g/mol. The Morgan fingerprint density at radius 3 is 2.49 bits per heavy atom. The van der Waals surface area contributed by atoms with Gasteiger partial charge >= 0.3 is 0 Å². The van der Waals surface area contributed by atoms with Crippen molar-refractivity contribution >= 4 is 40.6 Å². The second kappa shape index (κ2) is 10.5. The van der Waals surface area contributed by atoms with E-state index in [1.165, 1.54) is 17.0 Å². The summed E-state index contributed by atoms with van der Waals surface area (Å²) in [6.45, 7) is 0.933. The fraction of sp³-hybridized carbons (Fsp3) is 0.250. The van der Waals surface area contributed by atoms with Crippen LogP contribution in [0, 0.1) is 0 Å². The molecule has 11 heteroatoms. The van der Waals surface area contributed by atoms with E-state index in [0.717, 1.165) is 24.4 Å². The number of para-hydroxylation sites is 1. The third kappa shape index (κ3) is 5.26. The molecule has 3 amide bonds. The lowest BCUT2D eigenvalue weighted by Gasteiger charge is -2.31. The maximum atomic E-state index is 13.9. The predicted octanol–water partition coefficient (Wildman–Crippen LogP) is 2.21. The SMILES string of the molecule is NC(=O)c1nsc(C(=O)N(c2ccccc2)[C@@H](C(=O)NC[C@H]2CCCO2)c2ccc(O)cc2)c1N. The highest BCUT2D eigenvalue weighted by atomic mass is 32.1. The highest BCUT2D eigenvalue weighted by Crippen LogP contribution is 2.33. The number of hydrogen-bond donors (Lipinski definition) is 4. The van der Waals surface area contributed by atoms with E-state index in [-0.39, 0.29) is 28.1 Å². The molecule has 0 unspecified atom stereocenters. The number of phenolic OH excluding ortho intramolecular Hbond substituents is 1. The Bertz CT molecular complexity index is 1210. The van der Waals surface area contributed by atoms with Crippen molar-refractivity contribution in [3.05, 3.63) is 70.7 Å². The first-order valence-corrected chi connectivity index (χ1v) is 11.8. The molecular weight excluding hydrogens is 470 g/mol.